The normalized spacial score (nSPS) is 9.00. The summed E-state index contributed by atoms with van der Waals surface area (Å²) in [6.07, 6.45) is 0. The Morgan fingerprint density at radius 3 is 2.00 bits per heavy atom. The SMILES string of the molecule is CC(C)=C(C)CON. The Morgan fingerprint density at radius 2 is 1.88 bits per heavy atom. The molecule has 0 aromatic rings. The second kappa shape index (κ2) is 3.64. The van der Waals surface area contributed by atoms with Crippen LogP contribution in [-0.2, 0) is 4.84 Å². The van der Waals surface area contributed by atoms with Gasteiger partial charge in [0.15, 0.2) is 0 Å². The number of hydrogen-bond donors (Lipinski definition) is 1. The van der Waals surface area contributed by atoms with E-state index in [9.17, 15) is 0 Å². The largest absolute Gasteiger partial charge is 0.300 e. The van der Waals surface area contributed by atoms with E-state index < -0.39 is 0 Å². The van der Waals surface area contributed by atoms with E-state index in [0.717, 1.165) is 0 Å². The first kappa shape index (κ1) is 7.66. The molecule has 8 heavy (non-hydrogen) atoms. The minimum Gasteiger partial charge on any atom is -0.300 e. The predicted molar refractivity (Wildman–Crippen MR) is 34.2 cm³/mol. The minimum absolute atomic E-state index is 0.544. The molecule has 0 aromatic carbocycles. The Bertz CT molecular complexity index is 92.7. The van der Waals surface area contributed by atoms with Crippen LogP contribution in [0, 0.1) is 0 Å². The molecule has 0 amide bonds. The van der Waals surface area contributed by atoms with Gasteiger partial charge in [-0.3, -0.25) is 0 Å². The first-order valence-corrected chi connectivity index (χ1v) is 2.63. The summed E-state index contributed by atoms with van der Waals surface area (Å²) < 4.78 is 0. The van der Waals surface area contributed by atoms with Gasteiger partial charge in [0.05, 0.1) is 6.61 Å². The molecule has 0 unspecified atom stereocenters. The van der Waals surface area contributed by atoms with Crippen molar-refractivity contribution >= 4 is 0 Å². The van der Waals surface area contributed by atoms with Gasteiger partial charge in [-0.25, -0.2) is 5.90 Å². The summed E-state index contributed by atoms with van der Waals surface area (Å²) in [6, 6.07) is 0. The fourth-order valence-corrected chi connectivity index (χ4v) is 0.269. The molecule has 0 aliphatic rings. The van der Waals surface area contributed by atoms with Crippen LogP contribution in [0.1, 0.15) is 20.8 Å². The Balaban J connectivity index is 3.62. The quantitative estimate of drug-likeness (QED) is 0.434. The van der Waals surface area contributed by atoms with E-state index in [1.807, 2.05) is 20.8 Å². The van der Waals surface area contributed by atoms with E-state index in [-0.39, 0.29) is 0 Å². The van der Waals surface area contributed by atoms with E-state index in [4.69, 9.17) is 5.90 Å². The van der Waals surface area contributed by atoms with Crippen LogP contribution < -0.4 is 5.90 Å². The summed E-state index contributed by atoms with van der Waals surface area (Å²) in [5.74, 6) is 4.83. The van der Waals surface area contributed by atoms with Gasteiger partial charge in [-0.2, -0.15) is 0 Å². The molecule has 0 heterocycles. The van der Waals surface area contributed by atoms with Crippen molar-refractivity contribution in [3.63, 3.8) is 0 Å². The highest BCUT2D eigenvalue weighted by atomic mass is 16.6. The number of nitrogens with two attached hydrogens (primary N) is 1. The van der Waals surface area contributed by atoms with Crippen molar-refractivity contribution in [2.24, 2.45) is 5.90 Å². The van der Waals surface area contributed by atoms with E-state index in [1.165, 1.54) is 11.1 Å². The molecule has 0 atom stereocenters. The smallest absolute Gasteiger partial charge is 0.0889 e. The highest BCUT2D eigenvalue weighted by Gasteiger charge is 1.87. The molecule has 0 saturated heterocycles. The predicted octanol–water partition coefficient (Wildman–Crippen LogP) is 1.23. The van der Waals surface area contributed by atoms with Crippen molar-refractivity contribution in [3.8, 4) is 0 Å². The van der Waals surface area contributed by atoms with Crippen LogP contribution in [0.25, 0.3) is 0 Å². The van der Waals surface area contributed by atoms with Crippen molar-refractivity contribution in [3.05, 3.63) is 11.1 Å². The average Bonchev–Trinajstić information content (AvgIpc) is 1.67. The van der Waals surface area contributed by atoms with E-state index in [0.29, 0.717) is 6.61 Å². The van der Waals surface area contributed by atoms with Gasteiger partial charge in [0.2, 0.25) is 0 Å². The Hall–Kier alpha value is -0.340. The molecule has 0 aliphatic carbocycles. The molecule has 0 spiro atoms. The molecule has 0 aromatic heterocycles. The molecule has 0 rings (SSSR count). The van der Waals surface area contributed by atoms with Crippen molar-refractivity contribution in [2.45, 2.75) is 20.8 Å². The highest BCUT2D eigenvalue weighted by Crippen LogP contribution is 1.99. The van der Waals surface area contributed by atoms with Gasteiger partial charge in [0, 0.05) is 0 Å². The maximum Gasteiger partial charge on any atom is 0.0889 e. The number of allylic oxidation sites excluding steroid dienone is 1. The van der Waals surface area contributed by atoms with Crippen LogP contribution in [0.5, 0.6) is 0 Å². The molecule has 0 aliphatic heterocycles. The molecule has 2 nitrogen and oxygen atoms in total. The topological polar surface area (TPSA) is 35.2 Å². The zero-order chi connectivity index (χ0) is 6.57. The van der Waals surface area contributed by atoms with Gasteiger partial charge in [0.1, 0.15) is 0 Å². The number of rotatable bonds is 2. The molecule has 0 radical (unpaired) electrons. The third-order valence-corrected chi connectivity index (χ3v) is 1.15. The highest BCUT2D eigenvalue weighted by molar-refractivity contribution is 5.06. The molecule has 0 fully saturated rings. The Labute approximate surface area is 50.3 Å². The monoisotopic (exact) mass is 115 g/mol. The van der Waals surface area contributed by atoms with Gasteiger partial charge in [-0.15, -0.1) is 0 Å². The third-order valence-electron chi connectivity index (χ3n) is 1.15. The van der Waals surface area contributed by atoms with Crippen LogP contribution in [-0.4, -0.2) is 6.61 Å². The van der Waals surface area contributed by atoms with Crippen molar-refractivity contribution in [2.75, 3.05) is 6.61 Å². The van der Waals surface area contributed by atoms with Gasteiger partial charge in [0.25, 0.3) is 0 Å². The first-order chi connectivity index (χ1) is 3.68. The molecule has 48 valence electrons. The molecular weight excluding hydrogens is 102 g/mol. The lowest BCUT2D eigenvalue weighted by atomic mass is 10.2. The van der Waals surface area contributed by atoms with Gasteiger partial charge < -0.3 is 4.84 Å². The van der Waals surface area contributed by atoms with Crippen molar-refractivity contribution in [1.29, 1.82) is 0 Å². The van der Waals surface area contributed by atoms with Crippen LogP contribution in [0.2, 0.25) is 0 Å². The zero-order valence-electron chi connectivity index (χ0n) is 5.69. The molecule has 0 bridgehead atoms. The standard InChI is InChI=1S/C6H13NO/c1-5(2)6(3)4-8-7/h4,7H2,1-3H3. The fraction of sp³-hybridized carbons (Fsp3) is 0.667. The van der Waals surface area contributed by atoms with Crippen LogP contribution in [0.15, 0.2) is 11.1 Å². The van der Waals surface area contributed by atoms with Crippen LogP contribution >= 0.6 is 0 Å². The second-order valence-corrected chi connectivity index (χ2v) is 2.09. The molecule has 2 N–H and O–H groups in total. The minimum atomic E-state index is 0.544. The zero-order valence-corrected chi connectivity index (χ0v) is 5.69. The lowest BCUT2D eigenvalue weighted by Crippen LogP contribution is -2.02. The maximum atomic E-state index is 4.83. The summed E-state index contributed by atoms with van der Waals surface area (Å²) in [5.41, 5.74) is 2.47. The summed E-state index contributed by atoms with van der Waals surface area (Å²) >= 11 is 0. The summed E-state index contributed by atoms with van der Waals surface area (Å²) in [4.78, 5) is 4.41. The third kappa shape index (κ3) is 2.77. The maximum absolute atomic E-state index is 4.83. The first-order valence-electron chi connectivity index (χ1n) is 2.63. The molecule has 0 saturated carbocycles. The second-order valence-electron chi connectivity index (χ2n) is 2.09. The summed E-state index contributed by atoms with van der Waals surface area (Å²) in [5, 5.41) is 0. The van der Waals surface area contributed by atoms with Gasteiger partial charge >= 0.3 is 0 Å². The molecular formula is C6H13NO. The Morgan fingerprint density at radius 1 is 1.38 bits per heavy atom. The van der Waals surface area contributed by atoms with E-state index in [1.54, 1.807) is 0 Å². The average molecular weight is 115 g/mol. The van der Waals surface area contributed by atoms with E-state index >= 15 is 0 Å². The number of hydrogen-bond acceptors (Lipinski definition) is 2. The van der Waals surface area contributed by atoms with Crippen molar-refractivity contribution in [1.82, 2.24) is 0 Å². The Kier molecular flexibility index (Phi) is 3.48. The lowest BCUT2D eigenvalue weighted by Gasteiger charge is -1.98. The molecule has 2 heteroatoms. The fourth-order valence-electron chi connectivity index (χ4n) is 0.269. The van der Waals surface area contributed by atoms with Crippen LogP contribution in [0.3, 0.4) is 0 Å². The summed E-state index contributed by atoms with van der Waals surface area (Å²) in [6.45, 7) is 6.62. The van der Waals surface area contributed by atoms with Gasteiger partial charge in [-0.05, 0) is 26.3 Å². The van der Waals surface area contributed by atoms with Gasteiger partial charge in [-0.1, -0.05) is 5.57 Å². The van der Waals surface area contributed by atoms with Crippen molar-refractivity contribution < 1.29 is 4.84 Å². The van der Waals surface area contributed by atoms with Crippen LogP contribution in [0.4, 0.5) is 0 Å². The lowest BCUT2D eigenvalue weighted by molar-refractivity contribution is 0.160. The van der Waals surface area contributed by atoms with E-state index in [2.05, 4.69) is 4.84 Å². The summed E-state index contributed by atoms with van der Waals surface area (Å²) in [7, 11) is 0.